The second kappa shape index (κ2) is 5.58. The molecular formula is C13H19FN2O. The monoisotopic (exact) mass is 238 g/mol. The zero-order valence-electron chi connectivity index (χ0n) is 10.1. The van der Waals surface area contributed by atoms with E-state index in [1.165, 1.54) is 12.1 Å². The Morgan fingerprint density at radius 2 is 2.18 bits per heavy atom. The molecule has 2 unspecified atom stereocenters. The second-order valence-corrected chi connectivity index (χ2v) is 4.45. The van der Waals surface area contributed by atoms with Gasteiger partial charge in [0, 0.05) is 25.7 Å². The highest BCUT2D eigenvalue weighted by atomic mass is 19.1. The number of ether oxygens (including phenoxy) is 1. The molecule has 1 aliphatic heterocycles. The van der Waals surface area contributed by atoms with Crippen LogP contribution in [-0.4, -0.2) is 37.2 Å². The zero-order valence-corrected chi connectivity index (χ0v) is 10.1. The van der Waals surface area contributed by atoms with Crippen molar-refractivity contribution in [3.63, 3.8) is 0 Å². The maximum absolute atomic E-state index is 12.9. The van der Waals surface area contributed by atoms with E-state index in [0.29, 0.717) is 13.2 Å². The lowest BCUT2D eigenvalue weighted by molar-refractivity contribution is -0.0364. The summed E-state index contributed by atoms with van der Waals surface area (Å²) in [6.45, 7) is 5.14. The van der Waals surface area contributed by atoms with Gasteiger partial charge in [0.25, 0.3) is 0 Å². The molecule has 1 fully saturated rings. The van der Waals surface area contributed by atoms with Gasteiger partial charge in [0.05, 0.1) is 12.7 Å². The molecule has 0 aliphatic carbocycles. The van der Waals surface area contributed by atoms with Crippen LogP contribution < -0.4 is 5.73 Å². The Kier molecular flexibility index (Phi) is 4.10. The minimum atomic E-state index is -0.192. The number of nitrogens with two attached hydrogens (primary N) is 1. The highest BCUT2D eigenvalue weighted by Crippen LogP contribution is 2.22. The van der Waals surface area contributed by atoms with Crippen LogP contribution in [0.2, 0.25) is 0 Å². The summed E-state index contributed by atoms with van der Waals surface area (Å²) in [5.41, 5.74) is 6.75. The zero-order chi connectivity index (χ0) is 12.3. The van der Waals surface area contributed by atoms with E-state index in [-0.39, 0.29) is 18.0 Å². The predicted molar refractivity (Wildman–Crippen MR) is 65.2 cm³/mol. The number of nitrogens with zero attached hydrogens (tertiary/aromatic N) is 1. The van der Waals surface area contributed by atoms with Gasteiger partial charge in [-0.05, 0) is 24.6 Å². The van der Waals surface area contributed by atoms with Crippen molar-refractivity contribution in [1.29, 1.82) is 0 Å². The lowest BCUT2D eigenvalue weighted by Crippen LogP contribution is -2.46. The first kappa shape index (κ1) is 12.5. The molecule has 0 spiro atoms. The smallest absolute Gasteiger partial charge is 0.123 e. The Morgan fingerprint density at radius 1 is 1.47 bits per heavy atom. The first-order valence-electron chi connectivity index (χ1n) is 6.02. The van der Waals surface area contributed by atoms with Gasteiger partial charge in [-0.15, -0.1) is 0 Å². The van der Waals surface area contributed by atoms with Gasteiger partial charge >= 0.3 is 0 Å². The number of hydrogen-bond acceptors (Lipinski definition) is 3. The van der Waals surface area contributed by atoms with E-state index in [0.717, 1.165) is 18.7 Å². The molecule has 3 nitrogen and oxygen atoms in total. The summed E-state index contributed by atoms with van der Waals surface area (Å²) in [5, 5.41) is 0. The Bertz CT molecular complexity index is 355. The molecule has 0 bridgehead atoms. The summed E-state index contributed by atoms with van der Waals surface area (Å²) in [7, 11) is 0. The Hall–Kier alpha value is -0.970. The fourth-order valence-electron chi connectivity index (χ4n) is 2.19. The van der Waals surface area contributed by atoms with Gasteiger partial charge in [-0.25, -0.2) is 4.39 Å². The van der Waals surface area contributed by atoms with Crippen LogP contribution in [0.3, 0.4) is 0 Å². The lowest BCUT2D eigenvalue weighted by atomic mass is 10.1. The van der Waals surface area contributed by atoms with Gasteiger partial charge in [0.15, 0.2) is 0 Å². The first-order chi connectivity index (χ1) is 8.20. The molecule has 4 heteroatoms. The average Bonchev–Trinajstić information content (AvgIpc) is 2.39. The van der Waals surface area contributed by atoms with Crippen molar-refractivity contribution in [2.24, 2.45) is 5.73 Å². The van der Waals surface area contributed by atoms with Crippen LogP contribution in [-0.2, 0) is 4.74 Å². The molecule has 1 heterocycles. The van der Waals surface area contributed by atoms with Gasteiger partial charge in [0.2, 0.25) is 0 Å². The van der Waals surface area contributed by atoms with Crippen molar-refractivity contribution in [2.45, 2.75) is 19.1 Å². The van der Waals surface area contributed by atoms with Crippen molar-refractivity contribution in [2.75, 3.05) is 26.2 Å². The predicted octanol–water partition coefficient (Wildman–Crippen LogP) is 1.55. The topological polar surface area (TPSA) is 38.5 Å². The number of hydrogen-bond donors (Lipinski definition) is 1. The van der Waals surface area contributed by atoms with Crippen molar-refractivity contribution in [1.82, 2.24) is 4.90 Å². The van der Waals surface area contributed by atoms with E-state index in [2.05, 4.69) is 11.8 Å². The molecular weight excluding hydrogens is 219 g/mol. The number of benzene rings is 1. The summed E-state index contributed by atoms with van der Waals surface area (Å²) in [6.07, 6.45) is 0.117. The van der Waals surface area contributed by atoms with Crippen molar-refractivity contribution >= 4 is 0 Å². The van der Waals surface area contributed by atoms with Crippen LogP contribution in [0.25, 0.3) is 0 Å². The van der Waals surface area contributed by atoms with Gasteiger partial charge in [-0.1, -0.05) is 12.1 Å². The molecule has 1 aromatic rings. The molecule has 2 rings (SSSR count). The highest BCUT2D eigenvalue weighted by Gasteiger charge is 2.23. The first-order valence-corrected chi connectivity index (χ1v) is 6.02. The van der Waals surface area contributed by atoms with Gasteiger partial charge in [-0.3, -0.25) is 4.90 Å². The van der Waals surface area contributed by atoms with Crippen LogP contribution in [0.5, 0.6) is 0 Å². The third-order valence-electron chi connectivity index (χ3n) is 3.33. The molecule has 2 atom stereocenters. The van der Waals surface area contributed by atoms with Crippen LogP contribution in [0.15, 0.2) is 24.3 Å². The molecule has 0 amide bonds. The number of halogens is 1. The Morgan fingerprint density at radius 3 is 2.82 bits per heavy atom. The molecule has 1 saturated heterocycles. The fraction of sp³-hybridized carbons (Fsp3) is 0.538. The lowest BCUT2D eigenvalue weighted by Gasteiger charge is -2.36. The Balaban J connectivity index is 2.03. The minimum absolute atomic E-state index is 0.117. The third kappa shape index (κ3) is 3.03. The quantitative estimate of drug-likeness (QED) is 0.868. The summed E-state index contributed by atoms with van der Waals surface area (Å²) >= 11 is 0. The van der Waals surface area contributed by atoms with Crippen LogP contribution in [0.4, 0.5) is 4.39 Å². The number of rotatable bonds is 3. The van der Waals surface area contributed by atoms with Gasteiger partial charge in [0.1, 0.15) is 5.82 Å². The molecule has 0 aromatic heterocycles. The second-order valence-electron chi connectivity index (χ2n) is 4.45. The molecule has 0 radical (unpaired) electrons. The van der Waals surface area contributed by atoms with Crippen molar-refractivity contribution in [3.05, 3.63) is 35.6 Å². The van der Waals surface area contributed by atoms with Crippen molar-refractivity contribution in [3.8, 4) is 0 Å². The van der Waals surface area contributed by atoms with E-state index in [1.54, 1.807) is 0 Å². The molecule has 0 saturated carbocycles. The summed E-state index contributed by atoms with van der Waals surface area (Å²) in [5.74, 6) is -0.192. The maximum atomic E-state index is 12.9. The molecule has 17 heavy (non-hydrogen) atoms. The van der Waals surface area contributed by atoms with Crippen molar-refractivity contribution < 1.29 is 9.13 Å². The summed E-state index contributed by atoms with van der Waals surface area (Å²) in [4.78, 5) is 2.33. The van der Waals surface area contributed by atoms with Crippen LogP contribution >= 0.6 is 0 Å². The SMILES string of the molecule is CC(c1ccc(F)cc1)N1CCOC(CN)C1. The van der Waals surface area contributed by atoms with E-state index >= 15 is 0 Å². The molecule has 2 N–H and O–H groups in total. The maximum Gasteiger partial charge on any atom is 0.123 e. The van der Waals surface area contributed by atoms with Crippen LogP contribution in [0, 0.1) is 5.82 Å². The largest absolute Gasteiger partial charge is 0.374 e. The standard InChI is InChI=1S/C13H19FN2O/c1-10(11-2-4-12(14)5-3-11)16-6-7-17-13(8-15)9-16/h2-5,10,13H,6-9,15H2,1H3. The average molecular weight is 238 g/mol. The molecule has 1 aliphatic rings. The van der Waals surface area contributed by atoms with Gasteiger partial charge < -0.3 is 10.5 Å². The van der Waals surface area contributed by atoms with E-state index in [4.69, 9.17) is 10.5 Å². The highest BCUT2D eigenvalue weighted by molar-refractivity contribution is 5.19. The molecule has 1 aromatic carbocycles. The normalized spacial score (nSPS) is 23.6. The molecule has 94 valence electrons. The summed E-state index contributed by atoms with van der Waals surface area (Å²) < 4.78 is 18.4. The minimum Gasteiger partial charge on any atom is -0.374 e. The summed E-state index contributed by atoms with van der Waals surface area (Å²) in [6, 6.07) is 6.97. The number of morpholine rings is 1. The Labute approximate surface area is 101 Å². The van der Waals surface area contributed by atoms with Crippen LogP contribution in [0.1, 0.15) is 18.5 Å². The third-order valence-corrected chi connectivity index (χ3v) is 3.33. The fourth-order valence-corrected chi connectivity index (χ4v) is 2.19. The van der Waals surface area contributed by atoms with E-state index < -0.39 is 0 Å². The van der Waals surface area contributed by atoms with E-state index in [1.807, 2.05) is 12.1 Å². The van der Waals surface area contributed by atoms with E-state index in [9.17, 15) is 4.39 Å². The van der Waals surface area contributed by atoms with Gasteiger partial charge in [-0.2, -0.15) is 0 Å².